The molecule has 1 aromatic rings. The van der Waals surface area contributed by atoms with Crippen molar-refractivity contribution < 1.29 is 43.5 Å². The fraction of sp³-hybridized carbons (Fsp3) is 0.622. The zero-order chi connectivity index (χ0) is 40.8. The van der Waals surface area contributed by atoms with E-state index in [-0.39, 0.29) is 37.6 Å². The van der Waals surface area contributed by atoms with Gasteiger partial charge in [-0.15, -0.1) is 0 Å². The van der Waals surface area contributed by atoms with Crippen molar-refractivity contribution in [2.24, 2.45) is 23.1 Å². The molecule has 55 heavy (non-hydrogen) atoms. The average Bonchev–Trinajstić information content (AvgIpc) is 3.58. The van der Waals surface area contributed by atoms with Gasteiger partial charge in [-0.3, -0.25) is 38.4 Å². The van der Waals surface area contributed by atoms with E-state index in [9.17, 15) is 43.5 Å². The summed E-state index contributed by atoms with van der Waals surface area (Å²) in [5, 5.41) is 22.5. The Balaban J connectivity index is 1.76. The van der Waals surface area contributed by atoms with E-state index in [4.69, 9.17) is 17.2 Å². The lowest BCUT2D eigenvalue weighted by Crippen LogP contribution is -2.62. The number of amides is 7. The summed E-state index contributed by atoms with van der Waals surface area (Å²) in [6.07, 6.45) is 1.85. The normalized spacial score (nSPS) is 20.6. The number of carbonyl (C=O) groups is 8. The van der Waals surface area contributed by atoms with Crippen LogP contribution in [0.3, 0.4) is 0 Å². The van der Waals surface area contributed by atoms with E-state index in [1.807, 2.05) is 19.9 Å². The monoisotopic (exact) mass is 771 g/mol. The van der Waals surface area contributed by atoms with Crippen LogP contribution in [0.25, 0.3) is 0 Å². The van der Waals surface area contributed by atoms with Crippen LogP contribution < -0.4 is 43.8 Å². The number of carboxylic acids is 1. The first kappa shape index (κ1) is 44.3. The van der Waals surface area contributed by atoms with E-state index >= 15 is 0 Å². The maximum absolute atomic E-state index is 14.0. The number of nitrogens with two attached hydrogens (primary N) is 3. The number of fused-ring (bicyclic) bond motifs is 1. The van der Waals surface area contributed by atoms with Crippen molar-refractivity contribution in [3.63, 3.8) is 0 Å². The Kier molecular flexibility index (Phi) is 17.0. The third kappa shape index (κ3) is 13.3. The molecule has 2 aliphatic rings. The Morgan fingerprint density at radius 3 is 2.07 bits per heavy atom. The SMILES string of the molecule is CC(C)C[C@@H](NC(=O)[C@@H](CCC(=O)O)NC(=O)C1CC[C@H]2CC[C@@H](NC(=O)[C@@H](Cc3ccccc3)NC(=O)[C@H](N)CCCN)C(=O)N12)C(=O)N[C@H](C)C(N)=O. The van der Waals surface area contributed by atoms with Crippen LogP contribution in [0.15, 0.2) is 30.3 Å². The van der Waals surface area contributed by atoms with Gasteiger partial charge in [0.25, 0.3) is 0 Å². The molecule has 1 aromatic carbocycles. The van der Waals surface area contributed by atoms with Crippen molar-refractivity contribution in [1.29, 1.82) is 0 Å². The number of hydrogen-bond acceptors (Lipinski definition) is 10. The molecule has 0 aromatic heterocycles. The number of benzene rings is 1. The molecule has 18 heteroatoms. The fourth-order valence-corrected chi connectivity index (χ4v) is 6.80. The van der Waals surface area contributed by atoms with Crippen molar-refractivity contribution in [2.45, 2.75) is 133 Å². The molecule has 0 radical (unpaired) electrons. The summed E-state index contributed by atoms with van der Waals surface area (Å²) in [5.41, 5.74) is 17.6. The third-order valence-corrected chi connectivity index (χ3v) is 9.84. The number of rotatable bonds is 21. The molecule has 2 heterocycles. The van der Waals surface area contributed by atoms with Crippen LogP contribution in [0.5, 0.6) is 0 Å². The fourth-order valence-electron chi connectivity index (χ4n) is 6.80. The van der Waals surface area contributed by atoms with E-state index in [1.54, 1.807) is 24.3 Å². The lowest BCUT2D eigenvalue weighted by atomic mass is 9.97. The highest BCUT2D eigenvalue weighted by molar-refractivity contribution is 5.98. The molecule has 0 spiro atoms. The first-order valence-corrected chi connectivity index (χ1v) is 18.9. The molecule has 0 saturated carbocycles. The maximum Gasteiger partial charge on any atom is 0.303 e. The Labute approximate surface area is 320 Å². The van der Waals surface area contributed by atoms with Crippen molar-refractivity contribution >= 4 is 47.3 Å². The van der Waals surface area contributed by atoms with Crippen LogP contribution in [0, 0.1) is 5.92 Å². The van der Waals surface area contributed by atoms with E-state index in [1.165, 1.54) is 11.8 Å². The highest BCUT2D eigenvalue weighted by Gasteiger charge is 2.47. The van der Waals surface area contributed by atoms with Crippen LogP contribution in [0.1, 0.15) is 84.1 Å². The lowest BCUT2D eigenvalue weighted by Gasteiger charge is -2.38. The molecule has 2 aliphatic heterocycles. The van der Waals surface area contributed by atoms with E-state index in [0.717, 1.165) is 5.56 Å². The molecule has 2 saturated heterocycles. The second kappa shape index (κ2) is 21.1. The summed E-state index contributed by atoms with van der Waals surface area (Å²) in [7, 11) is 0. The Morgan fingerprint density at radius 1 is 0.818 bits per heavy atom. The van der Waals surface area contributed by atoms with Gasteiger partial charge in [-0.25, -0.2) is 0 Å². The van der Waals surface area contributed by atoms with E-state index < -0.39 is 96.0 Å². The Hall–Kier alpha value is -5.10. The lowest BCUT2D eigenvalue weighted by molar-refractivity contribution is -0.147. The summed E-state index contributed by atoms with van der Waals surface area (Å²) < 4.78 is 0. The van der Waals surface area contributed by atoms with Gasteiger partial charge in [-0.2, -0.15) is 0 Å². The molecular weight excluding hydrogens is 714 g/mol. The first-order chi connectivity index (χ1) is 26.0. The molecule has 12 N–H and O–H groups in total. The molecule has 0 aliphatic carbocycles. The molecule has 2 fully saturated rings. The number of aliphatic carboxylic acids is 1. The number of piperidine rings is 1. The smallest absolute Gasteiger partial charge is 0.303 e. The van der Waals surface area contributed by atoms with Crippen molar-refractivity contribution in [3.8, 4) is 0 Å². The summed E-state index contributed by atoms with van der Waals surface area (Å²) in [6, 6.07) is 1.20. The molecule has 18 nitrogen and oxygen atoms in total. The summed E-state index contributed by atoms with van der Waals surface area (Å²) >= 11 is 0. The Morgan fingerprint density at radius 2 is 1.45 bits per heavy atom. The molecular formula is C37H57N9O9. The van der Waals surface area contributed by atoms with E-state index in [0.29, 0.717) is 38.6 Å². The molecule has 7 amide bonds. The minimum Gasteiger partial charge on any atom is -0.481 e. The van der Waals surface area contributed by atoms with Gasteiger partial charge in [0.2, 0.25) is 41.4 Å². The molecule has 8 atom stereocenters. The number of carboxylic acid groups (broad SMARTS) is 1. The van der Waals surface area contributed by atoms with Crippen LogP contribution in [0.2, 0.25) is 0 Å². The van der Waals surface area contributed by atoms with Crippen molar-refractivity contribution in [2.75, 3.05) is 6.54 Å². The average molecular weight is 772 g/mol. The minimum absolute atomic E-state index is 0.0789. The van der Waals surface area contributed by atoms with Crippen LogP contribution in [-0.2, 0) is 44.8 Å². The Bertz CT molecular complexity index is 1540. The molecule has 1 unspecified atom stereocenters. The number of nitrogens with one attached hydrogen (secondary N) is 5. The summed E-state index contributed by atoms with van der Waals surface area (Å²) in [4.78, 5) is 105. The molecule has 0 bridgehead atoms. The number of carbonyl (C=O) groups excluding carboxylic acids is 7. The van der Waals surface area contributed by atoms with Gasteiger partial charge in [0, 0.05) is 18.9 Å². The number of primary amides is 1. The second-order valence-electron chi connectivity index (χ2n) is 14.7. The highest BCUT2D eigenvalue weighted by Crippen LogP contribution is 2.33. The summed E-state index contributed by atoms with van der Waals surface area (Å²) in [6.45, 7) is 5.37. The van der Waals surface area contributed by atoms with Gasteiger partial charge in [0.05, 0.1) is 6.04 Å². The zero-order valence-electron chi connectivity index (χ0n) is 31.8. The van der Waals surface area contributed by atoms with Gasteiger partial charge >= 0.3 is 5.97 Å². The largest absolute Gasteiger partial charge is 0.481 e. The van der Waals surface area contributed by atoms with Gasteiger partial charge in [0.15, 0.2) is 0 Å². The standard InChI is InChI=1S/C37H57N9O9/c1-20(2)18-27(34(52)41-21(3)31(40)49)45-33(51)25(14-16-30(47)48)42-36(54)29-15-12-23-11-13-26(37(55)46(23)29)43-35(53)28(19-22-8-5-4-6-9-22)44-32(50)24(39)10-7-17-38/h4-6,8-9,20-21,23-29H,7,10-19,38-39H2,1-3H3,(H2,40,49)(H,41,52)(H,42,54)(H,43,53)(H,44,50)(H,45,51)(H,47,48)/t21-,23-,24-,25-,26-,27-,28-,29?/m1/s1. The van der Waals surface area contributed by atoms with Gasteiger partial charge in [-0.05, 0) is 76.3 Å². The quantitative estimate of drug-likeness (QED) is 0.0678. The predicted molar refractivity (Wildman–Crippen MR) is 200 cm³/mol. The maximum atomic E-state index is 14.0. The third-order valence-electron chi connectivity index (χ3n) is 9.84. The van der Waals surface area contributed by atoms with E-state index in [2.05, 4.69) is 26.6 Å². The van der Waals surface area contributed by atoms with Crippen molar-refractivity contribution in [3.05, 3.63) is 35.9 Å². The van der Waals surface area contributed by atoms with Crippen LogP contribution in [0.4, 0.5) is 0 Å². The topological polar surface area (TPSA) is 298 Å². The molecule has 304 valence electrons. The predicted octanol–water partition coefficient (Wildman–Crippen LogP) is -1.71. The van der Waals surface area contributed by atoms with Gasteiger partial charge in [-0.1, -0.05) is 44.2 Å². The number of nitrogens with zero attached hydrogens (tertiary/aromatic N) is 1. The first-order valence-electron chi connectivity index (χ1n) is 18.9. The minimum atomic E-state index is -1.38. The van der Waals surface area contributed by atoms with Gasteiger partial charge < -0.3 is 53.8 Å². The second-order valence-corrected chi connectivity index (χ2v) is 14.7. The number of hydrogen-bond donors (Lipinski definition) is 9. The summed E-state index contributed by atoms with van der Waals surface area (Å²) in [5.74, 6) is -5.91. The zero-order valence-corrected chi connectivity index (χ0v) is 31.8. The molecule has 3 rings (SSSR count). The van der Waals surface area contributed by atoms with Crippen LogP contribution in [-0.4, -0.2) is 112 Å². The van der Waals surface area contributed by atoms with Crippen molar-refractivity contribution in [1.82, 2.24) is 31.5 Å². The van der Waals surface area contributed by atoms with Crippen LogP contribution >= 0.6 is 0 Å². The highest BCUT2D eigenvalue weighted by atomic mass is 16.4. The van der Waals surface area contributed by atoms with Gasteiger partial charge in [0.1, 0.15) is 36.3 Å².